The van der Waals surface area contributed by atoms with Crippen LogP contribution < -0.4 is 5.73 Å². The molecule has 0 aliphatic rings. The average Bonchev–Trinajstić information content (AvgIpc) is 2.17. The molecular weight excluding hydrogens is 198 g/mol. The molecule has 1 unspecified atom stereocenters. The van der Waals surface area contributed by atoms with Gasteiger partial charge >= 0.3 is 0 Å². The molecule has 0 heterocycles. The predicted molar refractivity (Wildman–Crippen MR) is 72.5 cm³/mol. The Labute approximate surface area is 102 Å². The lowest BCUT2D eigenvalue weighted by Gasteiger charge is -2.40. The van der Waals surface area contributed by atoms with Crippen LogP contribution in [0.2, 0.25) is 0 Å². The number of ketones is 1. The fraction of sp³-hybridized carbons (Fsp3) is 0.929. The van der Waals surface area contributed by atoms with Gasteiger partial charge in [0.15, 0.2) is 0 Å². The smallest absolute Gasteiger partial charge is 0.149 e. The van der Waals surface area contributed by atoms with Crippen molar-refractivity contribution >= 4 is 5.78 Å². The molecule has 2 heteroatoms. The summed E-state index contributed by atoms with van der Waals surface area (Å²) in [7, 11) is 0. The summed E-state index contributed by atoms with van der Waals surface area (Å²) in [6.07, 6.45) is 1.31. The molecule has 0 aromatic rings. The third kappa shape index (κ3) is 5.64. The normalized spacial score (nSPS) is 13.8. The van der Waals surface area contributed by atoms with Gasteiger partial charge in [-0.2, -0.15) is 0 Å². The molecule has 0 aliphatic heterocycles. The summed E-state index contributed by atoms with van der Waals surface area (Å²) in [4.78, 5) is 11.4. The Balaban J connectivity index is 0. The van der Waals surface area contributed by atoms with Gasteiger partial charge < -0.3 is 5.73 Å². The van der Waals surface area contributed by atoms with E-state index in [1.165, 1.54) is 0 Å². The highest BCUT2D eigenvalue weighted by Crippen LogP contribution is 2.41. The van der Waals surface area contributed by atoms with E-state index < -0.39 is 0 Å². The van der Waals surface area contributed by atoms with Crippen LogP contribution in [-0.4, -0.2) is 11.8 Å². The predicted octanol–water partition coefficient (Wildman–Crippen LogP) is 3.78. The van der Waals surface area contributed by atoms with Crippen molar-refractivity contribution in [2.45, 2.75) is 74.3 Å². The van der Waals surface area contributed by atoms with E-state index in [-0.39, 0.29) is 22.7 Å². The van der Waals surface area contributed by atoms with E-state index in [4.69, 9.17) is 5.73 Å². The zero-order valence-corrected chi connectivity index (χ0v) is 12.5. The molecule has 2 N–H and O–H groups in total. The van der Waals surface area contributed by atoms with Gasteiger partial charge in [0, 0.05) is 6.42 Å². The summed E-state index contributed by atoms with van der Waals surface area (Å²) in [6, 6.07) is -0.297. The molecule has 16 heavy (non-hydrogen) atoms. The van der Waals surface area contributed by atoms with E-state index in [9.17, 15) is 4.79 Å². The molecule has 0 aromatic carbocycles. The molecule has 0 saturated carbocycles. The first-order valence-electron chi connectivity index (χ1n) is 6.40. The topological polar surface area (TPSA) is 43.1 Å². The Hall–Kier alpha value is -0.370. The third-order valence-corrected chi connectivity index (χ3v) is 3.52. The van der Waals surface area contributed by atoms with Gasteiger partial charge in [0.1, 0.15) is 5.78 Å². The average molecular weight is 229 g/mol. The Morgan fingerprint density at radius 1 is 1.12 bits per heavy atom. The van der Waals surface area contributed by atoms with Crippen molar-refractivity contribution in [2.24, 2.45) is 16.6 Å². The number of hydrogen-bond donors (Lipinski definition) is 1. The highest BCUT2D eigenvalue weighted by molar-refractivity contribution is 5.83. The summed E-state index contributed by atoms with van der Waals surface area (Å²) in [5.74, 6) is 0.169. The van der Waals surface area contributed by atoms with Crippen LogP contribution in [0, 0.1) is 10.8 Å². The van der Waals surface area contributed by atoms with Gasteiger partial charge in [-0.1, -0.05) is 55.4 Å². The van der Waals surface area contributed by atoms with E-state index in [0.29, 0.717) is 6.42 Å². The van der Waals surface area contributed by atoms with E-state index in [1.807, 2.05) is 20.8 Å². The first kappa shape index (κ1) is 18.0. The molecule has 0 aliphatic carbocycles. The van der Waals surface area contributed by atoms with Crippen molar-refractivity contribution in [3.8, 4) is 0 Å². The van der Waals surface area contributed by atoms with Crippen LogP contribution in [-0.2, 0) is 4.79 Å². The maximum Gasteiger partial charge on any atom is 0.149 e. The molecule has 0 bridgehead atoms. The van der Waals surface area contributed by atoms with Gasteiger partial charge in [-0.15, -0.1) is 0 Å². The third-order valence-electron chi connectivity index (χ3n) is 3.52. The SMILES string of the molecule is CC.CCC(=O)C(N)CC(C)(C)C(C)(C)C. The number of carbonyl (C=O) groups is 1. The summed E-state index contributed by atoms with van der Waals surface area (Å²) in [5, 5.41) is 0. The Morgan fingerprint density at radius 3 is 1.75 bits per heavy atom. The van der Waals surface area contributed by atoms with E-state index in [1.54, 1.807) is 0 Å². The van der Waals surface area contributed by atoms with Gasteiger partial charge in [0.25, 0.3) is 0 Å². The zero-order chi connectivity index (χ0) is 13.6. The molecule has 0 radical (unpaired) electrons. The standard InChI is InChI=1S/C12H25NO.C2H6/c1-7-10(14)9(13)8-12(5,6)11(2,3)4;1-2/h9H,7-8,13H2,1-6H3;1-2H3. The molecule has 0 amide bonds. The summed E-state index contributed by atoms with van der Waals surface area (Å²) < 4.78 is 0. The van der Waals surface area contributed by atoms with Gasteiger partial charge in [-0.25, -0.2) is 0 Å². The first-order valence-corrected chi connectivity index (χ1v) is 6.40. The molecule has 0 saturated heterocycles. The highest BCUT2D eigenvalue weighted by atomic mass is 16.1. The van der Waals surface area contributed by atoms with Crippen molar-refractivity contribution in [1.29, 1.82) is 0 Å². The van der Waals surface area contributed by atoms with E-state index >= 15 is 0 Å². The minimum absolute atomic E-state index is 0.0945. The molecular formula is C14H31NO. The lowest BCUT2D eigenvalue weighted by atomic mass is 9.66. The quantitative estimate of drug-likeness (QED) is 0.797. The van der Waals surface area contributed by atoms with Crippen molar-refractivity contribution < 1.29 is 4.79 Å². The maximum absolute atomic E-state index is 11.4. The van der Waals surface area contributed by atoms with Gasteiger partial charge in [0.05, 0.1) is 6.04 Å². The molecule has 0 fully saturated rings. The molecule has 0 rings (SSSR count). The fourth-order valence-electron chi connectivity index (χ4n) is 1.23. The van der Waals surface area contributed by atoms with Gasteiger partial charge in [-0.05, 0) is 17.3 Å². The maximum atomic E-state index is 11.4. The zero-order valence-electron chi connectivity index (χ0n) is 12.5. The second kappa shape index (κ2) is 7.05. The second-order valence-electron chi connectivity index (χ2n) is 5.76. The van der Waals surface area contributed by atoms with Crippen molar-refractivity contribution in [3.63, 3.8) is 0 Å². The Morgan fingerprint density at radius 2 is 1.50 bits per heavy atom. The van der Waals surface area contributed by atoms with Crippen LogP contribution in [0.1, 0.15) is 68.2 Å². The molecule has 98 valence electrons. The summed E-state index contributed by atoms with van der Waals surface area (Å²) >= 11 is 0. The molecule has 1 atom stereocenters. The number of carbonyl (C=O) groups excluding carboxylic acids is 1. The van der Waals surface area contributed by atoms with Crippen molar-refractivity contribution in [3.05, 3.63) is 0 Å². The Bertz CT molecular complexity index is 201. The number of nitrogens with two attached hydrogens (primary N) is 1. The highest BCUT2D eigenvalue weighted by Gasteiger charge is 2.35. The van der Waals surface area contributed by atoms with Crippen LogP contribution in [0.25, 0.3) is 0 Å². The largest absolute Gasteiger partial charge is 0.321 e. The lowest BCUT2D eigenvalue weighted by Crippen LogP contribution is -2.40. The van der Waals surface area contributed by atoms with Crippen LogP contribution >= 0.6 is 0 Å². The van der Waals surface area contributed by atoms with E-state index in [2.05, 4.69) is 34.6 Å². The number of Topliss-reactive ketones (excluding diaryl/α,β-unsaturated/α-hetero) is 1. The Kier molecular flexibility index (Phi) is 7.94. The minimum atomic E-state index is -0.297. The van der Waals surface area contributed by atoms with Crippen molar-refractivity contribution in [1.82, 2.24) is 0 Å². The molecule has 0 aromatic heterocycles. The summed E-state index contributed by atoms with van der Waals surface area (Å²) in [5.41, 5.74) is 6.13. The number of rotatable bonds is 4. The van der Waals surface area contributed by atoms with Crippen LogP contribution in [0.3, 0.4) is 0 Å². The molecule has 2 nitrogen and oxygen atoms in total. The monoisotopic (exact) mass is 229 g/mol. The van der Waals surface area contributed by atoms with Crippen LogP contribution in [0.4, 0.5) is 0 Å². The lowest BCUT2D eigenvalue weighted by molar-refractivity contribution is -0.121. The minimum Gasteiger partial charge on any atom is -0.321 e. The summed E-state index contributed by atoms with van der Waals surface area (Å²) in [6.45, 7) is 16.8. The second-order valence-corrected chi connectivity index (χ2v) is 5.76. The van der Waals surface area contributed by atoms with Gasteiger partial charge in [0.2, 0.25) is 0 Å². The van der Waals surface area contributed by atoms with E-state index in [0.717, 1.165) is 6.42 Å². The van der Waals surface area contributed by atoms with Crippen LogP contribution in [0.15, 0.2) is 0 Å². The number of hydrogen-bond acceptors (Lipinski definition) is 2. The molecule has 0 spiro atoms. The van der Waals surface area contributed by atoms with Gasteiger partial charge in [-0.3, -0.25) is 4.79 Å². The van der Waals surface area contributed by atoms with Crippen molar-refractivity contribution in [2.75, 3.05) is 0 Å². The fourth-order valence-corrected chi connectivity index (χ4v) is 1.23. The first-order chi connectivity index (χ1) is 7.12. The van der Waals surface area contributed by atoms with Crippen LogP contribution in [0.5, 0.6) is 0 Å².